The van der Waals surface area contributed by atoms with Crippen LogP contribution in [-0.4, -0.2) is 30.5 Å². The fraction of sp³-hybridized carbons (Fsp3) is 0.500. The van der Waals surface area contributed by atoms with Gasteiger partial charge in [0, 0.05) is 13.1 Å². The molecule has 20 heavy (non-hydrogen) atoms. The molecule has 4 nitrogen and oxygen atoms in total. The van der Waals surface area contributed by atoms with E-state index in [1.54, 1.807) is 0 Å². The standard InChI is InChI=1S/C16H20N2O2/c17-13-14(16(19)18-10-4-5-11-18)7-6-12-20-15-8-2-1-3-9-15/h1-3,8-9,14H,4-7,10-12H2. The van der Waals surface area contributed by atoms with E-state index in [0.717, 1.165) is 31.7 Å². The minimum Gasteiger partial charge on any atom is -0.494 e. The molecule has 0 spiro atoms. The Morgan fingerprint density at radius 3 is 2.65 bits per heavy atom. The van der Waals surface area contributed by atoms with Crippen LogP contribution in [0.1, 0.15) is 25.7 Å². The van der Waals surface area contributed by atoms with Crippen molar-refractivity contribution in [3.63, 3.8) is 0 Å². The van der Waals surface area contributed by atoms with Crippen molar-refractivity contribution in [1.29, 1.82) is 5.26 Å². The van der Waals surface area contributed by atoms with E-state index >= 15 is 0 Å². The van der Waals surface area contributed by atoms with Gasteiger partial charge in [0.1, 0.15) is 11.7 Å². The van der Waals surface area contributed by atoms with Crippen LogP contribution >= 0.6 is 0 Å². The highest BCUT2D eigenvalue weighted by atomic mass is 16.5. The van der Waals surface area contributed by atoms with Gasteiger partial charge in [0.05, 0.1) is 12.7 Å². The maximum atomic E-state index is 12.1. The van der Waals surface area contributed by atoms with Crippen LogP contribution in [0.25, 0.3) is 0 Å². The molecule has 1 amide bonds. The molecule has 1 aliphatic heterocycles. The Morgan fingerprint density at radius 2 is 2.00 bits per heavy atom. The second-order valence-electron chi connectivity index (χ2n) is 5.02. The minimum absolute atomic E-state index is 0.00953. The number of ether oxygens (including phenoxy) is 1. The van der Waals surface area contributed by atoms with Crippen molar-refractivity contribution < 1.29 is 9.53 Å². The van der Waals surface area contributed by atoms with E-state index in [9.17, 15) is 4.79 Å². The van der Waals surface area contributed by atoms with E-state index in [-0.39, 0.29) is 5.91 Å². The quantitative estimate of drug-likeness (QED) is 0.748. The van der Waals surface area contributed by atoms with E-state index in [1.807, 2.05) is 35.2 Å². The maximum absolute atomic E-state index is 12.1. The Morgan fingerprint density at radius 1 is 1.30 bits per heavy atom. The highest BCUT2D eigenvalue weighted by Gasteiger charge is 2.25. The van der Waals surface area contributed by atoms with Crippen molar-refractivity contribution in [2.75, 3.05) is 19.7 Å². The van der Waals surface area contributed by atoms with Crippen LogP contribution in [0.15, 0.2) is 30.3 Å². The Labute approximate surface area is 120 Å². The molecule has 1 aromatic carbocycles. The molecule has 0 radical (unpaired) electrons. The molecule has 1 atom stereocenters. The molecule has 0 aromatic heterocycles. The number of hydrogen-bond acceptors (Lipinski definition) is 3. The first-order valence-electron chi connectivity index (χ1n) is 7.17. The lowest BCUT2D eigenvalue weighted by atomic mass is 10.0. The smallest absolute Gasteiger partial charge is 0.239 e. The van der Waals surface area contributed by atoms with Gasteiger partial charge in [-0.25, -0.2) is 0 Å². The molecule has 1 fully saturated rings. The molecule has 106 valence electrons. The number of hydrogen-bond donors (Lipinski definition) is 0. The zero-order valence-electron chi connectivity index (χ0n) is 11.6. The number of amides is 1. The van der Waals surface area contributed by atoms with Crippen molar-refractivity contribution >= 4 is 5.91 Å². The van der Waals surface area contributed by atoms with E-state index in [4.69, 9.17) is 10.00 Å². The van der Waals surface area contributed by atoms with Gasteiger partial charge in [-0.3, -0.25) is 4.79 Å². The first-order valence-corrected chi connectivity index (χ1v) is 7.17. The summed E-state index contributed by atoms with van der Waals surface area (Å²) in [5.41, 5.74) is 0. The normalized spacial score (nSPS) is 15.7. The molecule has 0 bridgehead atoms. The topological polar surface area (TPSA) is 53.3 Å². The number of carbonyl (C=O) groups excluding carboxylic acids is 1. The van der Waals surface area contributed by atoms with Crippen LogP contribution in [0.3, 0.4) is 0 Å². The van der Waals surface area contributed by atoms with Crippen molar-refractivity contribution in [2.45, 2.75) is 25.7 Å². The van der Waals surface area contributed by atoms with Gasteiger partial charge < -0.3 is 9.64 Å². The summed E-state index contributed by atoms with van der Waals surface area (Å²) in [6.45, 7) is 2.14. The average Bonchev–Trinajstić information content (AvgIpc) is 3.02. The molecule has 0 aliphatic carbocycles. The summed E-state index contributed by atoms with van der Waals surface area (Å²) in [5.74, 6) is 0.295. The molecule has 2 rings (SSSR count). The molecule has 1 heterocycles. The third-order valence-electron chi connectivity index (χ3n) is 3.52. The van der Waals surface area contributed by atoms with Gasteiger partial charge in [-0.05, 0) is 37.8 Å². The fourth-order valence-electron chi connectivity index (χ4n) is 2.40. The number of likely N-dealkylation sites (tertiary alicyclic amines) is 1. The lowest BCUT2D eigenvalue weighted by Gasteiger charge is -2.18. The minimum atomic E-state index is -0.521. The van der Waals surface area contributed by atoms with Crippen LogP contribution in [0, 0.1) is 17.2 Å². The van der Waals surface area contributed by atoms with Crippen LogP contribution < -0.4 is 4.74 Å². The molecule has 1 aliphatic rings. The predicted octanol–water partition coefficient (Wildman–Crippen LogP) is 2.61. The SMILES string of the molecule is N#CC(CCCOc1ccccc1)C(=O)N1CCCC1. The molecule has 4 heteroatoms. The van der Waals surface area contributed by atoms with Gasteiger partial charge in [0.2, 0.25) is 5.91 Å². The van der Waals surface area contributed by atoms with Crippen molar-refractivity contribution in [3.8, 4) is 11.8 Å². The second-order valence-corrected chi connectivity index (χ2v) is 5.02. The first-order chi connectivity index (χ1) is 9.81. The highest BCUT2D eigenvalue weighted by molar-refractivity contribution is 5.81. The van der Waals surface area contributed by atoms with Crippen molar-refractivity contribution in [2.24, 2.45) is 5.92 Å². The van der Waals surface area contributed by atoms with Crippen LogP contribution in [-0.2, 0) is 4.79 Å². The number of carbonyl (C=O) groups is 1. The van der Waals surface area contributed by atoms with E-state index in [2.05, 4.69) is 6.07 Å². The number of benzene rings is 1. The van der Waals surface area contributed by atoms with Gasteiger partial charge in [0.15, 0.2) is 0 Å². The predicted molar refractivity (Wildman–Crippen MR) is 76.1 cm³/mol. The molecule has 1 aromatic rings. The Kier molecular flexibility index (Phi) is 5.43. The number of nitrogens with zero attached hydrogens (tertiary/aromatic N) is 2. The lowest BCUT2D eigenvalue weighted by Crippen LogP contribution is -2.33. The van der Waals surface area contributed by atoms with Crippen molar-refractivity contribution in [3.05, 3.63) is 30.3 Å². The fourth-order valence-corrected chi connectivity index (χ4v) is 2.40. The third kappa shape index (κ3) is 3.99. The number of nitriles is 1. The van der Waals surface area contributed by atoms with Gasteiger partial charge in [-0.1, -0.05) is 18.2 Å². The largest absolute Gasteiger partial charge is 0.494 e. The zero-order valence-corrected chi connectivity index (χ0v) is 11.6. The molecule has 0 saturated carbocycles. The summed E-state index contributed by atoms with van der Waals surface area (Å²) >= 11 is 0. The van der Waals surface area contributed by atoms with Gasteiger partial charge in [-0.15, -0.1) is 0 Å². The summed E-state index contributed by atoms with van der Waals surface area (Å²) in [6.07, 6.45) is 3.40. The summed E-state index contributed by atoms with van der Waals surface area (Å²) < 4.78 is 5.57. The Bertz CT molecular complexity index is 461. The molecular weight excluding hydrogens is 252 g/mol. The molecule has 0 N–H and O–H groups in total. The van der Waals surface area contributed by atoms with E-state index in [0.29, 0.717) is 19.4 Å². The van der Waals surface area contributed by atoms with Crippen LogP contribution in [0.4, 0.5) is 0 Å². The van der Waals surface area contributed by atoms with Crippen molar-refractivity contribution in [1.82, 2.24) is 4.90 Å². The van der Waals surface area contributed by atoms with Crippen LogP contribution in [0.2, 0.25) is 0 Å². The van der Waals surface area contributed by atoms with Gasteiger partial charge in [0.25, 0.3) is 0 Å². The molecular formula is C16H20N2O2. The van der Waals surface area contributed by atoms with Gasteiger partial charge >= 0.3 is 0 Å². The van der Waals surface area contributed by atoms with E-state index < -0.39 is 5.92 Å². The summed E-state index contributed by atoms with van der Waals surface area (Å²) in [6, 6.07) is 11.7. The van der Waals surface area contributed by atoms with Crippen LogP contribution in [0.5, 0.6) is 5.75 Å². The average molecular weight is 272 g/mol. The summed E-state index contributed by atoms with van der Waals surface area (Å²) in [7, 11) is 0. The van der Waals surface area contributed by atoms with Gasteiger partial charge in [-0.2, -0.15) is 5.26 Å². The maximum Gasteiger partial charge on any atom is 0.239 e. The second kappa shape index (κ2) is 7.54. The molecule has 1 unspecified atom stereocenters. The Hall–Kier alpha value is -2.02. The number of para-hydroxylation sites is 1. The third-order valence-corrected chi connectivity index (χ3v) is 3.52. The lowest BCUT2D eigenvalue weighted by molar-refractivity contribution is -0.132. The Balaban J connectivity index is 1.71. The first kappa shape index (κ1) is 14.4. The van der Waals surface area contributed by atoms with E-state index in [1.165, 1.54) is 0 Å². The summed E-state index contributed by atoms with van der Waals surface area (Å²) in [5, 5.41) is 9.13. The zero-order chi connectivity index (χ0) is 14.2. The summed E-state index contributed by atoms with van der Waals surface area (Å²) in [4.78, 5) is 13.9. The highest BCUT2D eigenvalue weighted by Crippen LogP contribution is 2.16. The number of rotatable bonds is 6. The monoisotopic (exact) mass is 272 g/mol. The molecule has 1 saturated heterocycles.